The Bertz CT molecular complexity index is 184. The van der Waals surface area contributed by atoms with Gasteiger partial charge in [0.05, 0.1) is 6.61 Å². The highest BCUT2D eigenvalue weighted by Crippen LogP contribution is 2.06. The summed E-state index contributed by atoms with van der Waals surface area (Å²) in [7, 11) is 0. The molecule has 0 saturated heterocycles. The number of unbranched alkanes of at least 4 members (excludes halogenated alkanes) is 6. The summed E-state index contributed by atoms with van der Waals surface area (Å²) in [6.07, 6.45) is 15.7. The molecular formula is C16H31BrO2. The van der Waals surface area contributed by atoms with E-state index in [-0.39, 0.29) is 0 Å². The zero-order valence-corrected chi connectivity index (χ0v) is 14.1. The van der Waals surface area contributed by atoms with Crippen molar-refractivity contribution in [2.24, 2.45) is 0 Å². The molecular weight excluding hydrogens is 304 g/mol. The average Bonchev–Trinajstić information content (AvgIpc) is 2.43. The topological polar surface area (TPSA) is 18.5 Å². The van der Waals surface area contributed by atoms with Crippen molar-refractivity contribution >= 4 is 15.9 Å². The Morgan fingerprint density at radius 3 is 2.16 bits per heavy atom. The highest BCUT2D eigenvalue weighted by Gasteiger charge is 1.92. The molecule has 0 fully saturated rings. The van der Waals surface area contributed by atoms with Crippen LogP contribution in [0, 0.1) is 0 Å². The summed E-state index contributed by atoms with van der Waals surface area (Å²) < 4.78 is 10.8. The van der Waals surface area contributed by atoms with Crippen LogP contribution < -0.4 is 0 Å². The van der Waals surface area contributed by atoms with Crippen LogP contribution in [0.5, 0.6) is 0 Å². The molecule has 0 N–H and O–H groups in total. The molecule has 0 amide bonds. The van der Waals surface area contributed by atoms with Crippen molar-refractivity contribution < 1.29 is 9.47 Å². The fraction of sp³-hybridized carbons (Fsp3) is 0.875. The largest absolute Gasteiger partial charge is 0.355 e. The maximum absolute atomic E-state index is 5.44. The van der Waals surface area contributed by atoms with Crippen LogP contribution in [0.3, 0.4) is 0 Å². The Balaban J connectivity index is 2.95. The average molecular weight is 335 g/mol. The standard InChI is InChI=1S/C16H31BrO2/c1-2-3-4-5-6-8-11-14-18-16-19-15-12-9-7-10-13-17/h7,9H,2-6,8,10-16H2,1H3/b9-7+. The van der Waals surface area contributed by atoms with E-state index in [1.54, 1.807) is 0 Å². The van der Waals surface area contributed by atoms with Crippen LogP contribution in [0.25, 0.3) is 0 Å². The minimum Gasteiger partial charge on any atom is -0.355 e. The van der Waals surface area contributed by atoms with Gasteiger partial charge in [-0.1, -0.05) is 73.5 Å². The molecule has 114 valence electrons. The summed E-state index contributed by atoms with van der Waals surface area (Å²) in [5, 5.41) is 1.03. The second kappa shape index (κ2) is 18.1. The Labute approximate surface area is 128 Å². The van der Waals surface area contributed by atoms with E-state index in [9.17, 15) is 0 Å². The molecule has 0 aliphatic heterocycles. The fourth-order valence-corrected chi connectivity index (χ4v) is 2.05. The molecule has 0 spiro atoms. The molecule has 0 aromatic carbocycles. The summed E-state index contributed by atoms with van der Waals surface area (Å²) in [6, 6.07) is 0. The zero-order chi connectivity index (χ0) is 14.0. The summed E-state index contributed by atoms with van der Waals surface area (Å²) >= 11 is 3.39. The molecule has 0 aliphatic rings. The van der Waals surface area contributed by atoms with Gasteiger partial charge in [0.15, 0.2) is 0 Å². The van der Waals surface area contributed by atoms with Gasteiger partial charge in [-0.2, -0.15) is 0 Å². The Morgan fingerprint density at radius 2 is 1.42 bits per heavy atom. The van der Waals surface area contributed by atoms with Crippen molar-refractivity contribution in [3.63, 3.8) is 0 Å². The lowest BCUT2D eigenvalue weighted by atomic mass is 10.1. The maximum Gasteiger partial charge on any atom is 0.146 e. The minimum atomic E-state index is 0.447. The molecule has 0 aromatic rings. The molecule has 0 unspecified atom stereocenters. The molecule has 0 aliphatic carbocycles. The van der Waals surface area contributed by atoms with Crippen LogP contribution in [0.2, 0.25) is 0 Å². The van der Waals surface area contributed by atoms with Gasteiger partial charge in [-0.25, -0.2) is 0 Å². The van der Waals surface area contributed by atoms with Crippen molar-refractivity contribution in [2.75, 3.05) is 25.3 Å². The van der Waals surface area contributed by atoms with Crippen molar-refractivity contribution in [1.82, 2.24) is 0 Å². The molecule has 0 bridgehead atoms. The lowest BCUT2D eigenvalue weighted by Crippen LogP contribution is -2.02. The van der Waals surface area contributed by atoms with Crippen molar-refractivity contribution in [3.8, 4) is 0 Å². The molecule has 2 nitrogen and oxygen atoms in total. The van der Waals surface area contributed by atoms with Crippen LogP contribution in [0.15, 0.2) is 12.2 Å². The first-order valence-electron chi connectivity index (χ1n) is 7.78. The summed E-state index contributed by atoms with van der Waals surface area (Å²) in [4.78, 5) is 0. The van der Waals surface area contributed by atoms with Gasteiger partial charge in [-0.3, -0.25) is 0 Å². The van der Waals surface area contributed by atoms with E-state index in [0.29, 0.717) is 6.79 Å². The van der Waals surface area contributed by atoms with Crippen LogP contribution >= 0.6 is 15.9 Å². The van der Waals surface area contributed by atoms with E-state index in [0.717, 1.165) is 31.4 Å². The van der Waals surface area contributed by atoms with Crippen molar-refractivity contribution in [1.29, 1.82) is 0 Å². The normalized spacial score (nSPS) is 11.5. The van der Waals surface area contributed by atoms with E-state index in [1.165, 1.54) is 44.9 Å². The van der Waals surface area contributed by atoms with E-state index in [2.05, 4.69) is 35.0 Å². The Morgan fingerprint density at radius 1 is 0.789 bits per heavy atom. The molecule has 3 heteroatoms. The van der Waals surface area contributed by atoms with Gasteiger partial charge in [0.1, 0.15) is 6.79 Å². The van der Waals surface area contributed by atoms with Crippen LogP contribution in [0.1, 0.15) is 64.7 Å². The smallest absolute Gasteiger partial charge is 0.146 e. The second-order valence-corrected chi connectivity index (χ2v) is 5.59. The van der Waals surface area contributed by atoms with E-state index in [1.807, 2.05) is 0 Å². The predicted octanol–water partition coefficient (Wildman–Crippen LogP) is 5.46. The number of rotatable bonds is 15. The Hall–Kier alpha value is 0.140. The quantitative estimate of drug-likeness (QED) is 0.171. The van der Waals surface area contributed by atoms with Gasteiger partial charge in [-0.15, -0.1) is 0 Å². The third-order valence-electron chi connectivity index (χ3n) is 2.93. The lowest BCUT2D eigenvalue weighted by molar-refractivity contribution is -0.0531. The first-order chi connectivity index (χ1) is 9.41. The number of allylic oxidation sites excluding steroid dienone is 1. The lowest BCUT2D eigenvalue weighted by Gasteiger charge is -2.05. The monoisotopic (exact) mass is 334 g/mol. The summed E-state index contributed by atoms with van der Waals surface area (Å²) in [5.74, 6) is 0. The SMILES string of the molecule is CCCCCCCCCOCOCC/C=C/CCBr. The third kappa shape index (κ3) is 18.1. The number of hydrogen-bond donors (Lipinski definition) is 0. The number of ether oxygens (including phenoxy) is 2. The van der Waals surface area contributed by atoms with E-state index < -0.39 is 0 Å². The van der Waals surface area contributed by atoms with Crippen LogP contribution in [-0.4, -0.2) is 25.3 Å². The van der Waals surface area contributed by atoms with E-state index >= 15 is 0 Å². The fourth-order valence-electron chi connectivity index (χ4n) is 1.79. The number of hydrogen-bond acceptors (Lipinski definition) is 2. The zero-order valence-electron chi connectivity index (χ0n) is 12.5. The van der Waals surface area contributed by atoms with Crippen LogP contribution in [0.4, 0.5) is 0 Å². The van der Waals surface area contributed by atoms with Gasteiger partial charge in [0.25, 0.3) is 0 Å². The maximum atomic E-state index is 5.44. The first kappa shape index (κ1) is 19.1. The third-order valence-corrected chi connectivity index (χ3v) is 3.39. The number of alkyl halides is 1. The molecule has 19 heavy (non-hydrogen) atoms. The van der Waals surface area contributed by atoms with E-state index in [4.69, 9.17) is 9.47 Å². The highest BCUT2D eigenvalue weighted by atomic mass is 79.9. The summed E-state index contributed by atoms with van der Waals surface area (Å²) in [6.45, 7) is 4.30. The van der Waals surface area contributed by atoms with Gasteiger partial charge in [0, 0.05) is 11.9 Å². The molecule has 0 saturated carbocycles. The number of halogens is 1. The summed E-state index contributed by atoms with van der Waals surface area (Å²) in [5.41, 5.74) is 0. The molecule has 0 heterocycles. The predicted molar refractivity (Wildman–Crippen MR) is 86.9 cm³/mol. The molecule has 0 rings (SSSR count). The first-order valence-corrected chi connectivity index (χ1v) is 8.90. The highest BCUT2D eigenvalue weighted by molar-refractivity contribution is 9.09. The minimum absolute atomic E-state index is 0.447. The molecule has 0 atom stereocenters. The van der Waals surface area contributed by atoms with Gasteiger partial charge in [0.2, 0.25) is 0 Å². The van der Waals surface area contributed by atoms with Gasteiger partial charge < -0.3 is 9.47 Å². The molecule has 0 radical (unpaired) electrons. The van der Waals surface area contributed by atoms with Crippen LogP contribution in [-0.2, 0) is 9.47 Å². The second-order valence-electron chi connectivity index (χ2n) is 4.79. The van der Waals surface area contributed by atoms with Gasteiger partial charge in [-0.05, 0) is 19.3 Å². The Kier molecular flexibility index (Phi) is 18.3. The van der Waals surface area contributed by atoms with Crippen molar-refractivity contribution in [2.45, 2.75) is 64.7 Å². The van der Waals surface area contributed by atoms with Gasteiger partial charge >= 0.3 is 0 Å². The molecule has 0 aromatic heterocycles. The van der Waals surface area contributed by atoms with Crippen molar-refractivity contribution in [3.05, 3.63) is 12.2 Å².